The molecule has 0 bridgehead atoms. The van der Waals surface area contributed by atoms with Crippen LogP contribution >= 0.6 is 11.6 Å². The van der Waals surface area contributed by atoms with Crippen LogP contribution < -0.4 is 5.73 Å². The molecule has 1 heterocycles. The van der Waals surface area contributed by atoms with E-state index in [-0.39, 0.29) is 6.04 Å². The zero-order valence-corrected chi connectivity index (χ0v) is 14.0. The summed E-state index contributed by atoms with van der Waals surface area (Å²) in [7, 11) is 2.21. The largest absolute Gasteiger partial charge is 0.324 e. The number of likely N-dealkylation sites (tertiary alicyclic amines) is 1. The third-order valence-corrected chi connectivity index (χ3v) is 4.80. The molecule has 1 aromatic rings. The van der Waals surface area contributed by atoms with E-state index in [1.54, 1.807) is 0 Å². The standard InChI is InChI=1S/C17H28ClN3/c1-3-21-11-4-5-16(21)13-20(2)12-10-17(19)14-6-8-15(18)9-7-14/h6-9,16-17H,3-5,10-13,19H2,1-2H3. The van der Waals surface area contributed by atoms with Gasteiger partial charge in [-0.1, -0.05) is 30.7 Å². The van der Waals surface area contributed by atoms with Gasteiger partial charge in [0.1, 0.15) is 0 Å². The number of rotatable bonds is 7. The zero-order valence-electron chi connectivity index (χ0n) is 13.3. The molecule has 4 heteroatoms. The lowest BCUT2D eigenvalue weighted by atomic mass is 10.0. The van der Waals surface area contributed by atoms with Crippen LogP contribution in [0.25, 0.3) is 0 Å². The van der Waals surface area contributed by atoms with Crippen LogP contribution in [-0.4, -0.2) is 49.1 Å². The van der Waals surface area contributed by atoms with Gasteiger partial charge in [0.25, 0.3) is 0 Å². The van der Waals surface area contributed by atoms with Gasteiger partial charge in [0.2, 0.25) is 0 Å². The average molecular weight is 310 g/mol. The maximum absolute atomic E-state index is 6.27. The minimum absolute atomic E-state index is 0.0931. The molecule has 1 saturated heterocycles. The van der Waals surface area contributed by atoms with Crippen molar-refractivity contribution < 1.29 is 0 Å². The number of halogens is 1. The van der Waals surface area contributed by atoms with Crippen LogP contribution in [0.2, 0.25) is 5.02 Å². The summed E-state index contributed by atoms with van der Waals surface area (Å²) in [6.45, 7) is 6.88. The highest BCUT2D eigenvalue weighted by Crippen LogP contribution is 2.19. The van der Waals surface area contributed by atoms with E-state index in [9.17, 15) is 0 Å². The highest BCUT2D eigenvalue weighted by atomic mass is 35.5. The Kier molecular flexibility index (Phi) is 6.49. The molecule has 0 amide bonds. The summed E-state index contributed by atoms with van der Waals surface area (Å²) < 4.78 is 0. The Morgan fingerprint density at radius 3 is 2.76 bits per heavy atom. The monoisotopic (exact) mass is 309 g/mol. The van der Waals surface area contributed by atoms with Crippen molar-refractivity contribution in [2.24, 2.45) is 5.73 Å². The summed E-state index contributed by atoms with van der Waals surface area (Å²) in [6, 6.07) is 8.71. The van der Waals surface area contributed by atoms with E-state index in [2.05, 4.69) is 23.8 Å². The van der Waals surface area contributed by atoms with Crippen LogP contribution in [0.4, 0.5) is 0 Å². The summed E-state index contributed by atoms with van der Waals surface area (Å²) in [5.74, 6) is 0. The third-order valence-electron chi connectivity index (χ3n) is 4.55. The highest BCUT2D eigenvalue weighted by molar-refractivity contribution is 6.30. The van der Waals surface area contributed by atoms with Gasteiger partial charge in [0.05, 0.1) is 0 Å². The Labute approximate surface area is 134 Å². The van der Waals surface area contributed by atoms with Gasteiger partial charge in [-0.25, -0.2) is 0 Å². The van der Waals surface area contributed by atoms with Crippen molar-refractivity contribution in [3.63, 3.8) is 0 Å². The molecule has 2 unspecified atom stereocenters. The molecule has 118 valence electrons. The van der Waals surface area contributed by atoms with Gasteiger partial charge in [-0.3, -0.25) is 4.90 Å². The summed E-state index contributed by atoms with van der Waals surface area (Å²) in [5.41, 5.74) is 7.45. The lowest BCUT2D eigenvalue weighted by Crippen LogP contribution is -2.39. The maximum Gasteiger partial charge on any atom is 0.0406 e. The fourth-order valence-corrected chi connectivity index (χ4v) is 3.33. The fourth-order valence-electron chi connectivity index (χ4n) is 3.21. The van der Waals surface area contributed by atoms with Crippen LogP contribution in [-0.2, 0) is 0 Å². The topological polar surface area (TPSA) is 32.5 Å². The first-order valence-electron chi connectivity index (χ1n) is 8.03. The number of nitrogens with two attached hydrogens (primary N) is 1. The highest BCUT2D eigenvalue weighted by Gasteiger charge is 2.23. The Hall–Kier alpha value is -0.610. The van der Waals surface area contributed by atoms with Crippen LogP contribution in [0, 0.1) is 0 Å². The van der Waals surface area contributed by atoms with Crippen LogP contribution in [0.3, 0.4) is 0 Å². The molecule has 2 rings (SSSR count). The van der Waals surface area contributed by atoms with Crippen molar-refractivity contribution in [1.82, 2.24) is 9.80 Å². The summed E-state index contributed by atoms with van der Waals surface area (Å²) in [5, 5.41) is 0.768. The molecule has 1 fully saturated rings. The Morgan fingerprint density at radius 1 is 1.38 bits per heavy atom. The molecule has 0 aromatic heterocycles. The molecular weight excluding hydrogens is 282 g/mol. The van der Waals surface area contributed by atoms with Gasteiger partial charge in [0, 0.05) is 23.7 Å². The molecule has 0 radical (unpaired) electrons. The van der Waals surface area contributed by atoms with Crippen molar-refractivity contribution in [3.8, 4) is 0 Å². The van der Waals surface area contributed by atoms with E-state index in [1.165, 1.54) is 31.5 Å². The van der Waals surface area contributed by atoms with Crippen molar-refractivity contribution in [1.29, 1.82) is 0 Å². The minimum atomic E-state index is 0.0931. The molecule has 1 aliphatic heterocycles. The van der Waals surface area contributed by atoms with Crippen molar-refractivity contribution >= 4 is 11.6 Å². The molecule has 21 heavy (non-hydrogen) atoms. The number of likely N-dealkylation sites (N-methyl/N-ethyl adjacent to an activating group) is 2. The minimum Gasteiger partial charge on any atom is -0.324 e. The van der Waals surface area contributed by atoms with Gasteiger partial charge in [0.15, 0.2) is 0 Å². The SMILES string of the molecule is CCN1CCCC1CN(C)CCC(N)c1ccc(Cl)cc1. The van der Waals surface area contributed by atoms with Gasteiger partial charge in [-0.05, 0) is 63.6 Å². The lowest BCUT2D eigenvalue weighted by molar-refractivity contribution is 0.195. The quantitative estimate of drug-likeness (QED) is 0.840. The molecule has 0 spiro atoms. The van der Waals surface area contributed by atoms with E-state index in [0.29, 0.717) is 0 Å². The second-order valence-electron chi connectivity index (χ2n) is 6.13. The Morgan fingerprint density at radius 2 is 2.10 bits per heavy atom. The molecule has 2 N–H and O–H groups in total. The summed E-state index contributed by atoms with van der Waals surface area (Å²) in [6.07, 6.45) is 3.66. The molecule has 1 aliphatic rings. The van der Waals surface area contributed by atoms with E-state index in [4.69, 9.17) is 17.3 Å². The van der Waals surface area contributed by atoms with E-state index in [1.807, 2.05) is 24.3 Å². The molecule has 0 saturated carbocycles. The first-order valence-corrected chi connectivity index (χ1v) is 8.41. The third kappa shape index (κ3) is 4.96. The number of hydrogen-bond donors (Lipinski definition) is 1. The average Bonchev–Trinajstić information content (AvgIpc) is 2.92. The predicted molar refractivity (Wildman–Crippen MR) is 90.8 cm³/mol. The molecule has 1 aromatic carbocycles. The fraction of sp³-hybridized carbons (Fsp3) is 0.647. The summed E-state index contributed by atoms with van der Waals surface area (Å²) in [4.78, 5) is 5.02. The van der Waals surface area contributed by atoms with E-state index in [0.717, 1.165) is 30.6 Å². The molecule has 0 aliphatic carbocycles. The van der Waals surface area contributed by atoms with Crippen LogP contribution in [0.15, 0.2) is 24.3 Å². The summed E-state index contributed by atoms with van der Waals surface area (Å²) >= 11 is 5.91. The molecular formula is C17H28ClN3. The van der Waals surface area contributed by atoms with E-state index >= 15 is 0 Å². The second kappa shape index (κ2) is 8.14. The maximum atomic E-state index is 6.27. The first kappa shape index (κ1) is 16.8. The van der Waals surface area contributed by atoms with Gasteiger partial charge >= 0.3 is 0 Å². The predicted octanol–water partition coefficient (Wildman–Crippen LogP) is 3.15. The molecule has 3 nitrogen and oxygen atoms in total. The van der Waals surface area contributed by atoms with E-state index < -0.39 is 0 Å². The van der Waals surface area contributed by atoms with Gasteiger partial charge < -0.3 is 10.6 Å². The Bertz CT molecular complexity index is 421. The number of nitrogens with zero attached hydrogens (tertiary/aromatic N) is 2. The van der Waals surface area contributed by atoms with Crippen molar-refractivity contribution in [2.75, 3.05) is 33.2 Å². The van der Waals surface area contributed by atoms with Crippen molar-refractivity contribution in [2.45, 2.75) is 38.3 Å². The number of hydrogen-bond acceptors (Lipinski definition) is 3. The van der Waals surface area contributed by atoms with Crippen molar-refractivity contribution in [3.05, 3.63) is 34.9 Å². The van der Waals surface area contributed by atoms with Crippen LogP contribution in [0.5, 0.6) is 0 Å². The van der Waals surface area contributed by atoms with Gasteiger partial charge in [-0.15, -0.1) is 0 Å². The van der Waals surface area contributed by atoms with Crippen LogP contribution in [0.1, 0.15) is 37.8 Å². The Balaban J connectivity index is 1.75. The first-order chi connectivity index (χ1) is 10.1. The second-order valence-corrected chi connectivity index (χ2v) is 6.57. The zero-order chi connectivity index (χ0) is 15.2. The molecule has 2 atom stereocenters. The smallest absolute Gasteiger partial charge is 0.0406 e. The lowest BCUT2D eigenvalue weighted by Gasteiger charge is -2.28. The number of benzene rings is 1. The van der Waals surface area contributed by atoms with Gasteiger partial charge in [-0.2, -0.15) is 0 Å². The normalized spacial score (nSPS) is 21.1.